The van der Waals surface area contributed by atoms with Gasteiger partial charge in [0, 0.05) is 12.6 Å². The Labute approximate surface area is 89.8 Å². The van der Waals surface area contributed by atoms with Crippen LogP contribution in [0.2, 0.25) is 0 Å². The van der Waals surface area contributed by atoms with Gasteiger partial charge in [-0.15, -0.1) is 0 Å². The molecule has 5 heteroatoms. The molecule has 0 aromatic carbocycles. The van der Waals surface area contributed by atoms with E-state index in [-0.39, 0.29) is 25.0 Å². The second-order valence-electron chi connectivity index (χ2n) is 3.76. The van der Waals surface area contributed by atoms with Crippen LogP contribution in [0.5, 0.6) is 0 Å². The van der Waals surface area contributed by atoms with Gasteiger partial charge in [-0.1, -0.05) is 0 Å². The lowest BCUT2D eigenvalue weighted by atomic mass is 10.2. The Kier molecular flexibility index (Phi) is 4.71. The molecule has 2 amide bonds. The molecule has 86 valence electrons. The zero-order chi connectivity index (χ0) is 11.3. The number of ether oxygens (including phenoxy) is 1. The Hall–Kier alpha value is -0.940. The summed E-state index contributed by atoms with van der Waals surface area (Å²) in [4.78, 5) is 23.9. The molecule has 0 bridgehead atoms. The predicted molar refractivity (Wildman–Crippen MR) is 55.3 cm³/mol. The van der Waals surface area contributed by atoms with Gasteiger partial charge >= 0.3 is 0 Å². The highest BCUT2D eigenvalue weighted by Crippen LogP contribution is 2.04. The van der Waals surface area contributed by atoms with Crippen LogP contribution in [0.25, 0.3) is 0 Å². The van der Waals surface area contributed by atoms with Crippen LogP contribution < -0.4 is 5.32 Å². The molecule has 5 nitrogen and oxygen atoms in total. The van der Waals surface area contributed by atoms with Gasteiger partial charge < -0.3 is 10.1 Å². The Morgan fingerprint density at radius 2 is 2.00 bits per heavy atom. The Bertz CT molecular complexity index is 227. The summed E-state index contributed by atoms with van der Waals surface area (Å²) < 4.78 is 4.82. The molecule has 0 aromatic heterocycles. The summed E-state index contributed by atoms with van der Waals surface area (Å²) >= 11 is 0. The summed E-state index contributed by atoms with van der Waals surface area (Å²) in [5.41, 5.74) is 0. The van der Waals surface area contributed by atoms with E-state index in [1.165, 1.54) is 4.90 Å². The summed E-state index contributed by atoms with van der Waals surface area (Å²) in [5, 5.41) is 3.11. The van der Waals surface area contributed by atoms with E-state index in [1.807, 2.05) is 7.05 Å². The number of hydrogen-bond donors (Lipinski definition) is 1. The third-order valence-corrected chi connectivity index (χ3v) is 2.56. The number of amides is 2. The van der Waals surface area contributed by atoms with Gasteiger partial charge in [0.15, 0.2) is 0 Å². The zero-order valence-electron chi connectivity index (χ0n) is 9.28. The molecule has 15 heavy (non-hydrogen) atoms. The molecule has 0 spiro atoms. The number of carbonyl (C=O) groups is 2. The first-order valence-corrected chi connectivity index (χ1v) is 5.23. The van der Waals surface area contributed by atoms with Gasteiger partial charge in [0.1, 0.15) is 13.2 Å². The molecular weight excluding hydrogens is 196 g/mol. The van der Waals surface area contributed by atoms with Crippen LogP contribution in [0.4, 0.5) is 0 Å². The average molecular weight is 214 g/mol. The minimum atomic E-state index is -0.219. The smallest absolute Gasteiger partial charge is 0.255 e. The van der Waals surface area contributed by atoms with E-state index in [0.29, 0.717) is 12.6 Å². The van der Waals surface area contributed by atoms with E-state index in [2.05, 4.69) is 12.2 Å². The minimum Gasteiger partial charge on any atom is -0.362 e. The van der Waals surface area contributed by atoms with Crippen molar-refractivity contribution in [1.82, 2.24) is 10.2 Å². The van der Waals surface area contributed by atoms with Gasteiger partial charge in [0.05, 0.1) is 0 Å². The molecule has 1 aliphatic rings. The molecular formula is C10H18N2O3. The van der Waals surface area contributed by atoms with Crippen LogP contribution in [0, 0.1) is 0 Å². The van der Waals surface area contributed by atoms with Crippen LogP contribution >= 0.6 is 0 Å². The highest BCUT2D eigenvalue weighted by Gasteiger charge is 2.25. The van der Waals surface area contributed by atoms with Crippen molar-refractivity contribution in [3.63, 3.8) is 0 Å². The predicted octanol–water partition coefficient (Wildman–Crippen LogP) is -0.240. The van der Waals surface area contributed by atoms with Crippen molar-refractivity contribution in [2.45, 2.75) is 25.8 Å². The van der Waals surface area contributed by atoms with Crippen molar-refractivity contribution in [1.29, 1.82) is 0 Å². The summed E-state index contributed by atoms with van der Waals surface area (Å²) in [6, 6.07) is 0.413. The van der Waals surface area contributed by atoms with Gasteiger partial charge in [0.25, 0.3) is 11.8 Å². The number of morpholine rings is 1. The van der Waals surface area contributed by atoms with Gasteiger partial charge in [-0.25, -0.2) is 0 Å². The zero-order valence-corrected chi connectivity index (χ0v) is 9.28. The van der Waals surface area contributed by atoms with Crippen molar-refractivity contribution >= 4 is 11.8 Å². The lowest BCUT2D eigenvalue weighted by Gasteiger charge is -2.25. The van der Waals surface area contributed by atoms with Crippen LogP contribution in [-0.2, 0) is 14.3 Å². The number of rotatable bonds is 5. The van der Waals surface area contributed by atoms with Crippen LogP contribution in [0.3, 0.4) is 0 Å². The second-order valence-corrected chi connectivity index (χ2v) is 3.76. The first-order chi connectivity index (χ1) is 7.15. The van der Waals surface area contributed by atoms with E-state index in [1.54, 1.807) is 0 Å². The topological polar surface area (TPSA) is 58.6 Å². The van der Waals surface area contributed by atoms with Crippen molar-refractivity contribution in [2.24, 2.45) is 0 Å². The number of imide groups is 1. The van der Waals surface area contributed by atoms with E-state index in [0.717, 1.165) is 12.8 Å². The molecule has 1 heterocycles. The molecule has 1 N–H and O–H groups in total. The Morgan fingerprint density at radius 1 is 1.40 bits per heavy atom. The number of carbonyl (C=O) groups excluding carboxylic acids is 2. The maximum atomic E-state index is 11.3. The SMILES string of the molecule is CNC(C)CCCN1C(=O)COCC1=O. The van der Waals surface area contributed by atoms with E-state index in [4.69, 9.17) is 4.74 Å². The monoisotopic (exact) mass is 214 g/mol. The van der Waals surface area contributed by atoms with Crippen LogP contribution in [-0.4, -0.2) is 49.6 Å². The molecule has 0 saturated carbocycles. The fraction of sp³-hybridized carbons (Fsp3) is 0.800. The highest BCUT2D eigenvalue weighted by molar-refractivity contribution is 5.98. The average Bonchev–Trinajstić information content (AvgIpc) is 2.22. The molecule has 1 unspecified atom stereocenters. The summed E-state index contributed by atoms with van der Waals surface area (Å²) in [7, 11) is 1.90. The van der Waals surface area contributed by atoms with Crippen molar-refractivity contribution in [3.05, 3.63) is 0 Å². The molecule has 0 aromatic rings. The second kappa shape index (κ2) is 5.82. The maximum Gasteiger partial charge on any atom is 0.255 e. The van der Waals surface area contributed by atoms with Crippen molar-refractivity contribution in [3.8, 4) is 0 Å². The molecule has 0 aliphatic carbocycles. The summed E-state index contributed by atoms with van der Waals surface area (Å²) in [5.74, 6) is -0.438. The number of nitrogens with one attached hydrogen (secondary N) is 1. The number of nitrogens with zero attached hydrogens (tertiary/aromatic N) is 1. The van der Waals surface area contributed by atoms with Gasteiger partial charge in [-0.3, -0.25) is 14.5 Å². The minimum absolute atomic E-state index is 0.0350. The lowest BCUT2D eigenvalue weighted by molar-refractivity contribution is -0.158. The molecule has 1 saturated heterocycles. The van der Waals surface area contributed by atoms with Gasteiger partial charge in [-0.05, 0) is 26.8 Å². The maximum absolute atomic E-state index is 11.3. The fourth-order valence-electron chi connectivity index (χ4n) is 1.47. The van der Waals surface area contributed by atoms with E-state index < -0.39 is 0 Å². The quantitative estimate of drug-likeness (QED) is 0.642. The molecule has 1 atom stereocenters. The van der Waals surface area contributed by atoms with E-state index >= 15 is 0 Å². The van der Waals surface area contributed by atoms with Crippen LogP contribution in [0.1, 0.15) is 19.8 Å². The molecule has 1 aliphatic heterocycles. The van der Waals surface area contributed by atoms with Crippen molar-refractivity contribution < 1.29 is 14.3 Å². The largest absolute Gasteiger partial charge is 0.362 e. The first kappa shape index (κ1) is 12.1. The molecule has 1 rings (SSSR count). The highest BCUT2D eigenvalue weighted by atomic mass is 16.5. The third kappa shape index (κ3) is 3.60. The van der Waals surface area contributed by atoms with E-state index in [9.17, 15) is 9.59 Å². The summed E-state index contributed by atoms with van der Waals surface area (Å²) in [6.45, 7) is 2.65. The van der Waals surface area contributed by atoms with Gasteiger partial charge in [0.2, 0.25) is 0 Å². The van der Waals surface area contributed by atoms with Gasteiger partial charge in [-0.2, -0.15) is 0 Å². The molecule has 1 fully saturated rings. The Balaban J connectivity index is 2.29. The standard InChI is InChI=1S/C10H18N2O3/c1-8(11-2)4-3-5-12-9(13)6-15-7-10(12)14/h8,11H,3-7H2,1-2H3. The summed E-state index contributed by atoms with van der Waals surface area (Å²) in [6.07, 6.45) is 1.79. The van der Waals surface area contributed by atoms with Crippen LogP contribution in [0.15, 0.2) is 0 Å². The first-order valence-electron chi connectivity index (χ1n) is 5.23. The Morgan fingerprint density at radius 3 is 2.53 bits per heavy atom. The fourth-order valence-corrected chi connectivity index (χ4v) is 1.47. The van der Waals surface area contributed by atoms with Crippen molar-refractivity contribution in [2.75, 3.05) is 26.8 Å². The number of hydrogen-bond acceptors (Lipinski definition) is 4. The molecule has 0 radical (unpaired) electrons. The normalized spacial score (nSPS) is 19.5. The third-order valence-electron chi connectivity index (χ3n) is 2.56. The lowest BCUT2D eigenvalue weighted by Crippen LogP contribution is -2.46.